The van der Waals surface area contributed by atoms with Crippen LogP contribution in [0, 0.1) is 0 Å². The topological polar surface area (TPSA) is 102 Å². The van der Waals surface area contributed by atoms with E-state index in [0.29, 0.717) is 18.3 Å². The standard InChI is InChI=1S/C13H13N7/c14-19-13-17-11-6-2-1-5-10(11)12(18-13)15-8-9-4-3-7-16-20-9/h1-7H,8,14H2,(H2,15,17,18,19). The molecule has 1 aromatic carbocycles. The average molecular weight is 267 g/mol. The number of hydrogen-bond donors (Lipinski definition) is 3. The summed E-state index contributed by atoms with van der Waals surface area (Å²) in [6.45, 7) is 0.527. The number of hydrogen-bond acceptors (Lipinski definition) is 7. The maximum Gasteiger partial charge on any atom is 0.239 e. The number of nitrogens with two attached hydrogens (primary N) is 1. The molecule has 7 heteroatoms. The summed E-state index contributed by atoms with van der Waals surface area (Å²) in [7, 11) is 0. The lowest BCUT2D eigenvalue weighted by atomic mass is 10.2. The molecule has 0 amide bonds. The highest BCUT2D eigenvalue weighted by Gasteiger charge is 2.06. The van der Waals surface area contributed by atoms with E-state index >= 15 is 0 Å². The van der Waals surface area contributed by atoms with Crippen molar-refractivity contribution in [3.05, 3.63) is 48.3 Å². The maximum absolute atomic E-state index is 5.39. The number of nitrogens with one attached hydrogen (secondary N) is 2. The number of benzene rings is 1. The van der Waals surface area contributed by atoms with Crippen LogP contribution in [0.1, 0.15) is 5.69 Å². The molecule has 7 nitrogen and oxygen atoms in total. The van der Waals surface area contributed by atoms with Crippen LogP contribution < -0.4 is 16.6 Å². The lowest BCUT2D eigenvalue weighted by Gasteiger charge is -2.09. The van der Waals surface area contributed by atoms with Crippen LogP contribution in [0.3, 0.4) is 0 Å². The Morgan fingerprint density at radius 2 is 1.95 bits per heavy atom. The first kappa shape index (κ1) is 12.2. The quantitative estimate of drug-likeness (QED) is 0.484. The van der Waals surface area contributed by atoms with Gasteiger partial charge in [-0.2, -0.15) is 15.2 Å². The van der Waals surface area contributed by atoms with Crippen LogP contribution in [0.5, 0.6) is 0 Å². The van der Waals surface area contributed by atoms with Crippen LogP contribution in [-0.4, -0.2) is 20.2 Å². The van der Waals surface area contributed by atoms with Crippen molar-refractivity contribution in [3.8, 4) is 0 Å². The molecule has 20 heavy (non-hydrogen) atoms. The normalized spacial score (nSPS) is 10.4. The predicted molar refractivity (Wildman–Crippen MR) is 76.7 cm³/mol. The zero-order chi connectivity index (χ0) is 13.8. The van der Waals surface area contributed by atoms with E-state index in [9.17, 15) is 0 Å². The number of para-hydroxylation sites is 1. The first-order chi connectivity index (χ1) is 9.86. The van der Waals surface area contributed by atoms with E-state index in [0.717, 1.165) is 16.6 Å². The summed E-state index contributed by atoms with van der Waals surface area (Å²) < 4.78 is 0. The molecule has 0 fully saturated rings. The van der Waals surface area contributed by atoms with Gasteiger partial charge in [-0.3, -0.25) is 5.43 Å². The number of aromatic nitrogens is 4. The fourth-order valence-electron chi connectivity index (χ4n) is 1.88. The molecule has 0 saturated heterocycles. The smallest absolute Gasteiger partial charge is 0.239 e. The van der Waals surface area contributed by atoms with Gasteiger partial charge in [-0.05, 0) is 24.3 Å². The maximum atomic E-state index is 5.39. The second-order valence-electron chi connectivity index (χ2n) is 4.13. The van der Waals surface area contributed by atoms with E-state index in [1.807, 2.05) is 36.4 Å². The van der Waals surface area contributed by atoms with Crippen molar-refractivity contribution >= 4 is 22.7 Å². The molecule has 100 valence electrons. The van der Waals surface area contributed by atoms with Crippen molar-refractivity contribution in [1.29, 1.82) is 0 Å². The molecule has 0 bridgehead atoms. The Bertz CT molecular complexity index is 714. The van der Waals surface area contributed by atoms with Gasteiger partial charge in [0.25, 0.3) is 0 Å². The van der Waals surface area contributed by atoms with Crippen LogP contribution in [0.15, 0.2) is 42.6 Å². The van der Waals surface area contributed by atoms with Gasteiger partial charge in [0.15, 0.2) is 0 Å². The third-order valence-corrected chi connectivity index (χ3v) is 2.80. The Balaban J connectivity index is 1.93. The highest BCUT2D eigenvalue weighted by atomic mass is 15.3. The highest BCUT2D eigenvalue weighted by molar-refractivity contribution is 5.89. The van der Waals surface area contributed by atoms with Gasteiger partial charge < -0.3 is 5.32 Å². The molecule has 0 saturated carbocycles. The molecule has 0 spiro atoms. The Labute approximate surface area is 115 Å². The summed E-state index contributed by atoms with van der Waals surface area (Å²) in [6.07, 6.45) is 1.64. The van der Waals surface area contributed by atoms with E-state index in [1.165, 1.54) is 0 Å². The third-order valence-electron chi connectivity index (χ3n) is 2.80. The number of nitrogen functional groups attached to an aromatic ring is 1. The molecule has 0 aliphatic carbocycles. The largest absolute Gasteiger partial charge is 0.364 e. The number of nitrogens with zero attached hydrogens (tertiary/aromatic N) is 4. The summed E-state index contributed by atoms with van der Waals surface area (Å²) in [5, 5.41) is 12.0. The Kier molecular flexibility index (Phi) is 3.34. The second-order valence-corrected chi connectivity index (χ2v) is 4.13. The number of anilines is 2. The van der Waals surface area contributed by atoms with E-state index in [-0.39, 0.29) is 0 Å². The van der Waals surface area contributed by atoms with Crippen LogP contribution in [0.4, 0.5) is 11.8 Å². The Morgan fingerprint density at radius 1 is 1.05 bits per heavy atom. The minimum atomic E-state index is 0.366. The fourth-order valence-corrected chi connectivity index (χ4v) is 1.88. The van der Waals surface area contributed by atoms with Crippen molar-refractivity contribution in [2.75, 3.05) is 10.7 Å². The Hall–Kier alpha value is -2.80. The first-order valence-corrected chi connectivity index (χ1v) is 6.10. The third kappa shape index (κ3) is 2.47. The van der Waals surface area contributed by atoms with Crippen molar-refractivity contribution in [2.45, 2.75) is 6.54 Å². The molecule has 0 unspecified atom stereocenters. The van der Waals surface area contributed by atoms with Crippen LogP contribution in [-0.2, 0) is 6.54 Å². The van der Waals surface area contributed by atoms with Crippen LogP contribution in [0.2, 0.25) is 0 Å². The molecule has 0 radical (unpaired) electrons. The second kappa shape index (κ2) is 5.45. The van der Waals surface area contributed by atoms with Gasteiger partial charge in [-0.15, -0.1) is 0 Å². The number of fused-ring (bicyclic) bond motifs is 1. The summed E-state index contributed by atoms with van der Waals surface area (Å²) in [6, 6.07) is 11.5. The van der Waals surface area contributed by atoms with Crippen molar-refractivity contribution in [1.82, 2.24) is 20.2 Å². The average Bonchev–Trinajstić information content (AvgIpc) is 2.53. The van der Waals surface area contributed by atoms with Gasteiger partial charge in [0.2, 0.25) is 5.95 Å². The summed E-state index contributed by atoms with van der Waals surface area (Å²) in [4.78, 5) is 8.62. The van der Waals surface area contributed by atoms with Crippen LogP contribution >= 0.6 is 0 Å². The number of hydrazine groups is 1. The molecule has 2 aromatic heterocycles. The minimum Gasteiger partial charge on any atom is -0.364 e. The van der Waals surface area contributed by atoms with Gasteiger partial charge in [0, 0.05) is 11.6 Å². The Morgan fingerprint density at radius 3 is 2.75 bits per heavy atom. The van der Waals surface area contributed by atoms with Gasteiger partial charge in [-0.1, -0.05) is 12.1 Å². The summed E-state index contributed by atoms with van der Waals surface area (Å²) in [5.41, 5.74) is 4.12. The zero-order valence-corrected chi connectivity index (χ0v) is 10.6. The molecular weight excluding hydrogens is 254 g/mol. The molecule has 3 aromatic rings. The van der Waals surface area contributed by atoms with E-state index < -0.39 is 0 Å². The summed E-state index contributed by atoms with van der Waals surface area (Å²) in [5.74, 6) is 6.46. The lowest BCUT2D eigenvalue weighted by Crippen LogP contribution is -2.12. The molecule has 3 rings (SSSR count). The fraction of sp³-hybridized carbons (Fsp3) is 0.0769. The van der Waals surface area contributed by atoms with Crippen molar-refractivity contribution in [3.63, 3.8) is 0 Å². The molecule has 2 heterocycles. The van der Waals surface area contributed by atoms with Gasteiger partial charge in [-0.25, -0.2) is 10.8 Å². The van der Waals surface area contributed by atoms with E-state index in [2.05, 4.69) is 30.9 Å². The molecule has 0 aliphatic heterocycles. The highest BCUT2D eigenvalue weighted by Crippen LogP contribution is 2.21. The predicted octanol–water partition coefficient (Wildman–Crippen LogP) is 1.32. The van der Waals surface area contributed by atoms with Crippen molar-refractivity contribution < 1.29 is 0 Å². The number of rotatable bonds is 4. The summed E-state index contributed by atoms with van der Waals surface area (Å²) >= 11 is 0. The van der Waals surface area contributed by atoms with Gasteiger partial charge in [0.1, 0.15) is 5.82 Å². The van der Waals surface area contributed by atoms with Gasteiger partial charge in [0.05, 0.1) is 17.8 Å². The van der Waals surface area contributed by atoms with Gasteiger partial charge >= 0.3 is 0 Å². The zero-order valence-electron chi connectivity index (χ0n) is 10.6. The molecule has 0 atom stereocenters. The molecular formula is C13H13N7. The first-order valence-electron chi connectivity index (χ1n) is 6.10. The van der Waals surface area contributed by atoms with Crippen LogP contribution in [0.25, 0.3) is 10.9 Å². The van der Waals surface area contributed by atoms with E-state index in [4.69, 9.17) is 5.84 Å². The lowest BCUT2D eigenvalue weighted by molar-refractivity contribution is 0.921. The molecule has 0 aliphatic rings. The van der Waals surface area contributed by atoms with E-state index in [1.54, 1.807) is 6.20 Å². The SMILES string of the molecule is NNc1nc(NCc2cccnn2)c2ccccc2n1. The minimum absolute atomic E-state index is 0.366. The molecule has 4 N–H and O–H groups in total. The van der Waals surface area contributed by atoms with Crippen molar-refractivity contribution in [2.24, 2.45) is 5.84 Å². The monoisotopic (exact) mass is 267 g/mol.